The summed E-state index contributed by atoms with van der Waals surface area (Å²) in [5.74, 6) is -0.865. The van der Waals surface area contributed by atoms with Gasteiger partial charge in [-0.1, -0.05) is 48.0 Å². The van der Waals surface area contributed by atoms with Crippen molar-refractivity contribution in [3.8, 4) is 0 Å². The largest absolute Gasteiger partial charge is 0.467 e. The van der Waals surface area contributed by atoms with Crippen LogP contribution < -0.4 is 5.32 Å². The van der Waals surface area contributed by atoms with Crippen LogP contribution in [0.5, 0.6) is 0 Å². The summed E-state index contributed by atoms with van der Waals surface area (Å²) in [6, 6.07) is 13.6. The first-order valence-corrected chi connectivity index (χ1v) is 9.74. The van der Waals surface area contributed by atoms with E-state index in [-0.39, 0.29) is 11.5 Å². The molecule has 0 heterocycles. The third-order valence-corrected chi connectivity index (χ3v) is 4.99. The molecule has 1 N–H and O–H groups in total. The van der Waals surface area contributed by atoms with Crippen LogP contribution in [0.15, 0.2) is 59.5 Å². The number of methoxy groups -OCH3 is 1. The average molecular weight is 407 g/mol. The van der Waals surface area contributed by atoms with Crippen molar-refractivity contribution in [3.05, 3.63) is 65.7 Å². The lowest BCUT2D eigenvalue weighted by molar-refractivity contribution is -0.143. The number of hydrogen-bond donors (Lipinski definition) is 1. The summed E-state index contributed by atoms with van der Waals surface area (Å²) < 4.78 is 39.0. The molecular weight excluding hydrogens is 386 g/mol. The normalized spacial score (nSPS) is 12.1. The molecule has 8 nitrogen and oxygen atoms in total. The molecule has 0 saturated carbocycles. The van der Waals surface area contributed by atoms with E-state index in [9.17, 15) is 18.0 Å². The van der Waals surface area contributed by atoms with Crippen LogP contribution in [0.2, 0.25) is 0 Å². The van der Waals surface area contributed by atoms with Gasteiger partial charge >= 0.3 is 12.1 Å². The van der Waals surface area contributed by atoms with Crippen LogP contribution in [0.3, 0.4) is 0 Å². The van der Waals surface area contributed by atoms with E-state index in [4.69, 9.17) is 8.92 Å². The van der Waals surface area contributed by atoms with Gasteiger partial charge in [0.25, 0.3) is 10.1 Å². The highest BCUT2D eigenvalue weighted by molar-refractivity contribution is 7.86. The Hall–Kier alpha value is -2.91. The van der Waals surface area contributed by atoms with Crippen molar-refractivity contribution >= 4 is 22.2 Å². The molecule has 150 valence electrons. The van der Waals surface area contributed by atoms with Crippen LogP contribution in [0.4, 0.5) is 4.79 Å². The molecule has 0 aliphatic carbocycles. The summed E-state index contributed by atoms with van der Waals surface area (Å²) in [5.41, 5.74) is 1.64. The van der Waals surface area contributed by atoms with Crippen molar-refractivity contribution in [2.24, 2.45) is 0 Å². The zero-order valence-electron chi connectivity index (χ0n) is 15.5. The third-order valence-electron chi connectivity index (χ3n) is 3.69. The van der Waals surface area contributed by atoms with Crippen molar-refractivity contribution in [1.29, 1.82) is 0 Å². The standard InChI is InChI=1S/C19H21NO7S/c1-14-8-10-16(11-9-14)28(23,24)27-13-17(18(21)25-2)20-19(22)26-12-15-6-4-3-5-7-15/h3-11,17H,12-13H2,1-2H3,(H,20,22). The molecule has 2 rings (SSSR count). The third kappa shape index (κ3) is 6.36. The first kappa shape index (κ1) is 21.4. The van der Waals surface area contributed by atoms with Crippen LogP contribution in [0.25, 0.3) is 0 Å². The SMILES string of the molecule is COC(=O)C(COS(=O)(=O)c1ccc(C)cc1)NC(=O)OCc1ccccc1. The topological polar surface area (TPSA) is 108 Å². The Labute approximate surface area is 163 Å². The Morgan fingerprint density at radius 1 is 1.04 bits per heavy atom. The van der Waals surface area contributed by atoms with Gasteiger partial charge in [0.15, 0.2) is 6.04 Å². The maximum absolute atomic E-state index is 12.2. The number of carbonyl (C=O) groups is 2. The predicted molar refractivity (Wildman–Crippen MR) is 99.9 cm³/mol. The van der Waals surface area contributed by atoms with E-state index in [1.165, 1.54) is 12.1 Å². The maximum atomic E-state index is 12.2. The monoisotopic (exact) mass is 407 g/mol. The van der Waals surface area contributed by atoms with Gasteiger partial charge in [0, 0.05) is 0 Å². The first-order valence-electron chi connectivity index (χ1n) is 8.33. The van der Waals surface area contributed by atoms with Gasteiger partial charge in [-0.05, 0) is 24.6 Å². The van der Waals surface area contributed by atoms with Gasteiger partial charge in [0.05, 0.1) is 18.6 Å². The molecule has 2 aromatic rings. The quantitative estimate of drug-likeness (QED) is 0.528. The van der Waals surface area contributed by atoms with Gasteiger partial charge in [0.2, 0.25) is 0 Å². The minimum atomic E-state index is -4.10. The Bertz CT molecular complexity index is 896. The lowest BCUT2D eigenvalue weighted by Gasteiger charge is -2.16. The van der Waals surface area contributed by atoms with E-state index < -0.39 is 34.8 Å². The van der Waals surface area contributed by atoms with Crippen molar-refractivity contribution in [2.45, 2.75) is 24.5 Å². The minimum Gasteiger partial charge on any atom is -0.467 e. The van der Waals surface area contributed by atoms with Crippen molar-refractivity contribution in [1.82, 2.24) is 5.32 Å². The number of esters is 1. The van der Waals surface area contributed by atoms with Gasteiger partial charge in [-0.15, -0.1) is 0 Å². The number of aryl methyl sites for hydroxylation is 1. The molecule has 0 saturated heterocycles. The summed E-state index contributed by atoms with van der Waals surface area (Å²) in [4.78, 5) is 23.7. The van der Waals surface area contributed by atoms with E-state index >= 15 is 0 Å². The zero-order chi connectivity index (χ0) is 20.6. The molecule has 0 bridgehead atoms. The Morgan fingerprint density at radius 2 is 1.68 bits per heavy atom. The molecule has 1 unspecified atom stereocenters. The molecule has 9 heteroatoms. The van der Waals surface area contributed by atoms with E-state index in [1.54, 1.807) is 36.4 Å². The summed E-state index contributed by atoms with van der Waals surface area (Å²) >= 11 is 0. The number of carbonyl (C=O) groups excluding carboxylic acids is 2. The number of nitrogens with one attached hydrogen (secondary N) is 1. The van der Waals surface area contributed by atoms with E-state index in [2.05, 4.69) is 10.1 Å². The smallest absolute Gasteiger partial charge is 0.408 e. The van der Waals surface area contributed by atoms with Crippen LogP contribution in [0, 0.1) is 6.92 Å². The Balaban J connectivity index is 1.96. The number of ether oxygens (including phenoxy) is 2. The molecule has 1 atom stereocenters. The summed E-state index contributed by atoms with van der Waals surface area (Å²) in [5, 5.41) is 2.25. The number of benzene rings is 2. The van der Waals surface area contributed by atoms with Crippen molar-refractivity contribution in [3.63, 3.8) is 0 Å². The molecule has 0 aliphatic rings. The van der Waals surface area contributed by atoms with Crippen LogP contribution >= 0.6 is 0 Å². The number of rotatable bonds is 8. The molecule has 0 radical (unpaired) electrons. The van der Waals surface area contributed by atoms with E-state index in [0.717, 1.165) is 18.2 Å². The second kappa shape index (κ2) is 9.86. The summed E-state index contributed by atoms with van der Waals surface area (Å²) in [6.07, 6.45) is -0.907. The lowest BCUT2D eigenvalue weighted by Crippen LogP contribution is -2.45. The Morgan fingerprint density at radius 3 is 2.29 bits per heavy atom. The highest BCUT2D eigenvalue weighted by Crippen LogP contribution is 2.13. The fraction of sp³-hybridized carbons (Fsp3) is 0.263. The van der Waals surface area contributed by atoms with E-state index in [0.29, 0.717) is 0 Å². The highest BCUT2D eigenvalue weighted by Gasteiger charge is 2.26. The second-order valence-corrected chi connectivity index (χ2v) is 7.45. The highest BCUT2D eigenvalue weighted by atomic mass is 32.2. The molecule has 28 heavy (non-hydrogen) atoms. The summed E-state index contributed by atoms with van der Waals surface area (Å²) in [7, 11) is -2.99. The zero-order valence-corrected chi connectivity index (χ0v) is 16.3. The molecule has 0 fully saturated rings. The minimum absolute atomic E-state index is 0.0108. The molecule has 0 aromatic heterocycles. The molecule has 0 aliphatic heterocycles. The fourth-order valence-electron chi connectivity index (χ4n) is 2.15. The van der Waals surface area contributed by atoms with Gasteiger partial charge in [0.1, 0.15) is 6.61 Å². The molecule has 1 amide bonds. The van der Waals surface area contributed by atoms with Crippen molar-refractivity contribution < 1.29 is 31.7 Å². The van der Waals surface area contributed by atoms with Gasteiger partial charge in [-0.25, -0.2) is 9.59 Å². The number of alkyl carbamates (subject to hydrolysis) is 1. The van der Waals surface area contributed by atoms with Gasteiger partial charge < -0.3 is 14.8 Å². The number of hydrogen-bond acceptors (Lipinski definition) is 7. The van der Waals surface area contributed by atoms with Crippen molar-refractivity contribution in [2.75, 3.05) is 13.7 Å². The maximum Gasteiger partial charge on any atom is 0.408 e. The van der Waals surface area contributed by atoms with Gasteiger partial charge in [-0.3, -0.25) is 4.18 Å². The van der Waals surface area contributed by atoms with E-state index in [1.807, 2.05) is 13.0 Å². The van der Waals surface area contributed by atoms with Crippen LogP contribution in [-0.2, 0) is 35.2 Å². The Kier molecular flexibility index (Phi) is 7.53. The van der Waals surface area contributed by atoms with Crippen LogP contribution in [0.1, 0.15) is 11.1 Å². The summed E-state index contributed by atoms with van der Waals surface area (Å²) in [6.45, 7) is 1.17. The molecule has 2 aromatic carbocycles. The fourth-order valence-corrected chi connectivity index (χ4v) is 3.07. The van der Waals surface area contributed by atoms with Gasteiger partial charge in [-0.2, -0.15) is 8.42 Å². The lowest BCUT2D eigenvalue weighted by atomic mass is 10.2. The van der Waals surface area contributed by atoms with Crippen LogP contribution in [-0.4, -0.2) is 40.2 Å². The number of amides is 1. The average Bonchev–Trinajstić information content (AvgIpc) is 2.70. The predicted octanol–water partition coefficient (Wildman–Crippen LogP) is 2.17. The second-order valence-electron chi connectivity index (χ2n) is 5.83. The first-order chi connectivity index (χ1) is 13.3. The molecular formula is C19H21NO7S. The molecule has 0 spiro atoms.